The van der Waals surface area contributed by atoms with Gasteiger partial charge in [0.15, 0.2) is 0 Å². The molecule has 0 atom stereocenters. The van der Waals surface area contributed by atoms with E-state index in [9.17, 15) is 23.3 Å². The summed E-state index contributed by atoms with van der Waals surface area (Å²) in [7, 11) is 0. The molecule has 0 amide bonds. The number of piperidine rings is 1. The lowest BCUT2D eigenvalue weighted by atomic mass is 9.96. The van der Waals surface area contributed by atoms with Crippen LogP contribution < -0.4 is 10.6 Å². The molecule has 1 saturated heterocycles. The van der Waals surface area contributed by atoms with Gasteiger partial charge in [-0.25, -0.2) is 0 Å². The van der Waals surface area contributed by atoms with Crippen LogP contribution in [0.4, 0.5) is 24.5 Å². The fraction of sp³-hybridized carbons (Fsp3) is 0.538. The van der Waals surface area contributed by atoms with Crippen molar-refractivity contribution in [2.75, 3.05) is 24.5 Å². The Hall–Kier alpha value is -1.83. The van der Waals surface area contributed by atoms with E-state index in [1.54, 1.807) is 4.90 Å². The molecule has 0 saturated carbocycles. The number of nitrogens with zero attached hydrogens (tertiary/aromatic N) is 2. The molecule has 0 aliphatic carbocycles. The molecule has 1 fully saturated rings. The lowest BCUT2D eigenvalue weighted by molar-refractivity contribution is -0.384. The van der Waals surface area contributed by atoms with Gasteiger partial charge in [-0.1, -0.05) is 0 Å². The predicted octanol–water partition coefficient (Wildman–Crippen LogP) is 2.79. The molecular formula is C13H16F3N3O2. The Morgan fingerprint density at radius 2 is 1.95 bits per heavy atom. The molecule has 0 spiro atoms. The number of hydrogen-bond donors (Lipinski definition) is 1. The number of anilines is 1. The summed E-state index contributed by atoms with van der Waals surface area (Å²) in [6, 6.07) is 2.67. The zero-order chi connectivity index (χ0) is 15.6. The summed E-state index contributed by atoms with van der Waals surface area (Å²) in [6.45, 7) is 1.69. The van der Waals surface area contributed by atoms with Gasteiger partial charge in [0, 0.05) is 19.2 Å². The second-order valence-electron chi connectivity index (χ2n) is 5.12. The van der Waals surface area contributed by atoms with Crippen LogP contribution in [0.25, 0.3) is 0 Å². The van der Waals surface area contributed by atoms with Crippen molar-refractivity contribution in [2.24, 2.45) is 11.7 Å². The van der Waals surface area contributed by atoms with Crippen LogP contribution in [-0.2, 0) is 6.18 Å². The average Bonchev–Trinajstić information content (AvgIpc) is 2.45. The number of halogens is 3. The molecule has 0 radical (unpaired) electrons. The standard InChI is InChI=1S/C13H16F3N3O2/c14-13(15,16)10-1-2-11(12(7-10)19(20)21)18-5-3-9(8-17)4-6-18/h1-2,7,9H,3-6,8,17H2. The summed E-state index contributed by atoms with van der Waals surface area (Å²) >= 11 is 0. The minimum absolute atomic E-state index is 0.239. The van der Waals surface area contributed by atoms with Gasteiger partial charge in [0.05, 0.1) is 10.5 Å². The predicted molar refractivity (Wildman–Crippen MR) is 72.1 cm³/mol. The van der Waals surface area contributed by atoms with Crippen molar-refractivity contribution in [3.8, 4) is 0 Å². The Labute approximate surface area is 119 Å². The highest BCUT2D eigenvalue weighted by Crippen LogP contribution is 2.37. The largest absolute Gasteiger partial charge is 0.416 e. The molecule has 0 unspecified atom stereocenters. The molecule has 1 heterocycles. The lowest BCUT2D eigenvalue weighted by Gasteiger charge is -2.32. The molecule has 2 rings (SSSR count). The summed E-state index contributed by atoms with van der Waals surface area (Å²) in [5.41, 5.74) is 4.31. The van der Waals surface area contributed by atoms with E-state index in [4.69, 9.17) is 5.73 Å². The minimum atomic E-state index is -4.59. The number of hydrogen-bond acceptors (Lipinski definition) is 4. The van der Waals surface area contributed by atoms with E-state index < -0.39 is 22.4 Å². The smallest absolute Gasteiger partial charge is 0.366 e. The number of benzene rings is 1. The third kappa shape index (κ3) is 3.44. The van der Waals surface area contributed by atoms with Crippen LogP contribution >= 0.6 is 0 Å². The Balaban J connectivity index is 2.29. The van der Waals surface area contributed by atoms with Crippen molar-refractivity contribution < 1.29 is 18.1 Å². The van der Waals surface area contributed by atoms with Crippen LogP contribution in [0, 0.1) is 16.0 Å². The van der Waals surface area contributed by atoms with Crippen molar-refractivity contribution in [3.63, 3.8) is 0 Å². The molecule has 5 nitrogen and oxygen atoms in total. The Bertz CT molecular complexity index is 526. The summed E-state index contributed by atoms with van der Waals surface area (Å²) in [6.07, 6.45) is -3.01. The van der Waals surface area contributed by atoms with E-state index in [2.05, 4.69) is 0 Å². The summed E-state index contributed by atoms with van der Waals surface area (Å²) in [5, 5.41) is 11.1. The van der Waals surface area contributed by atoms with Crippen LogP contribution in [0.5, 0.6) is 0 Å². The summed E-state index contributed by atoms with van der Waals surface area (Å²) in [4.78, 5) is 12.0. The molecule has 0 aromatic heterocycles. The maximum Gasteiger partial charge on any atom is 0.416 e. The highest BCUT2D eigenvalue weighted by atomic mass is 19.4. The van der Waals surface area contributed by atoms with Gasteiger partial charge >= 0.3 is 6.18 Å². The molecule has 8 heteroatoms. The van der Waals surface area contributed by atoms with Gasteiger partial charge in [0.1, 0.15) is 5.69 Å². The lowest BCUT2D eigenvalue weighted by Crippen LogP contribution is -2.36. The third-order valence-electron chi connectivity index (χ3n) is 3.79. The number of rotatable bonds is 3. The zero-order valence-electron chi connectivity index (χ0n) is 11.3. The van der Waals surface area contributed by atoms with Gasteiger partial charge in [-0.15, -0.1) is 0 Å². The van der Waals surface area contributed by atoms with Gasteiger partial charge in [0.2, 0.25) is 0 Å². The number of nitro groups is 1. The van der Waals surface area contributed by atoms with E-state index in [-0.39, 0.29) is 5.69 Å². The number of nitro benzene ring substituents is 1. The Morgan fingerprint density at radius 3 is 2.43 bits per heavy atom. The number of alkyl halides is 3. The third-order valence-corrected chi connectivity index (χ3v) is 3.79. The maximum atomic E-state index is 12.7. The van der Waals surface area contributed by atoms with Gasteiger partial charge in [-0.2, -0.15) is 13.2 Å². The van der Waals surface area contributed by atoms with Crippen LogP contribution in [-0.4, -0.2) is 24.6 Å². The van der Waals surface area contributed by atoms with Crippen LogP contribution in [0.15, 0.2) is 18.2 Å². The first-order valence-electron chi connectivity index (χ1n) is 6.63. The van der Waals surface area contributed by atoms with Gasteiger partial charge in [0.25, 0.3) is 5.69 Å². The van der Waals surface area contributed by atoms with Crippen LogP contribution in [0.2, 0.25) is 0 Å². The van der Waals surface area contributed by atoms with Gasteiger partial charge < -0.3 is 10.6 Å². The molecule has 1 aromatic carbocycles. The number of nitrogens with two attached hydrogens (primary N) is 1. The van der Waals surface area contributed by atoms with E-state index in [1.807, 2.05) is 0 Å². The monoisotopic (exact) mass is 303 g/mol. The molecule has 116 valence electrons. The van der Waals surface area contributed by atoms with E-state index in [0.717, 1.165) is 18.9 Å². The summed E-state index contributed by atoms with van der Waals surface area (Å²) < 4.78 is 38.0. The maximum absolute atomic E-state index is 12.7. The quantitative estimate of drug-likeness (QED) is 0.688. The average molecular weight is 303 g/mol. The van der Waals surface area contributed by atoms with Crippen molar-refractivity contribution in [1.82, 2.24) is 0 Å². The van der Waals surface area contributed by atoms with E-state index >= 15 is 0 Å². The molecule has 0 bridgehead atoms. The van der Waals surface area contributed by atoms with Crippen LogP contribution in [0.1, 0.15) is 18.4 Å². The molecule has 1 aliphatic heterocycles. The molecule has 21 heavy (non-hydrogen) atoms. The van der Waals surface area contributed by atoms with Crippen molar-refractivity contribution in [2.45, 2.75) is 19.0 Å². The topological polar surface area (TPSA) is 72.4 Å². The van der Waals surface area contributed by atoms with Crippen molar-refractivity contribution in [3.05, 3.63) is 33.9 Å². The highest BCUT2D eigenvalue weighted by molar-refractivity contribution is 5.64. The van der Waals surface area contributed by atoms with Crippen molar-refractivity contribution >= 4 is 11.4 Å². The first kappa shape index (κ1) is 15.6. The minimum Gasteiger partial charge on any atom is -0.366 e. The molecular weight excluding hydrogens is 287 g/mol. The Kier molecular flexibility index (Phi) is 4.36. The highest BCUT2D eigenvalue weighted by Gasteiger charge is 2.34. The molecule has 1 aromatic rings. The zero-order valence-corrected chi connectivity index (χ0v) is 11.3. The van der Waals surface area contributed by atoms with E-state index in [0.29, 0.717) is 31.6 Å². The molecule has 1 aliphatic rings. The van der Waals surface area contributed by atoms with E-state index in [1.165, 1.54) is 6.07 Å². The fourth-order valence-corrected chi connectivity index (χ4v) is 2.52. The summed E-state index contributed by atoms with van der Waals surface area (Å²) in [5.74, 6) is 0.370. The fourth-order valence-electron chi connectivity index (χ4n) is 2.52. The SMILES string of the molecule is NCC1CCN(c2ccc(C(F)(F)F)cc2[N+](=O)[O-])CC1. The normalized spacial score (nSPS) is 17.0. The second kappa shape index (κ2) is 5.88. The Morgan fingerprint density at radius 1 is 1.33 bits per heavy atom. The molecule has 2 N–H and O–H groups in total. The van der Waals surface area contributed by atoms with Gasteiger partial charge in [-0.3, -0.25) is 10.1 Å². The van der Waals surface area contributed by atoms with Crippen molar-refractivity contribution in [1.29, 1.82) is 0 Å². The van der Waals surface area contributed by atoms with Crippen LogP contribution in [0.3, 0.4) is 0 Å². The second-order valence-corrected chi connectivity index (χ2v) is 5.12. The first-order chi connectivity index (χ1) is 9.82. The van der Waals surface area contributed by atoms with Gasteiger partial charge in [-0.05, 0) is 37.4 Å². The first-order valence-corrected chi connectivity index (χ1v) is 6.63.